The first kappa shape index (κ1) is 21.8. The maximum atomic E-state index is 11.0. The average molecular weight is 466 g/mol. The zero-order valence-corrected chi connectivity index (χ0v) is 18.1. The van der Waals surface area contributed by atoms with Gasteiger partial charge in [0, 0.05) is 26.6 Å². The maximum absolute atomic E-state index is 11.0. The van der Waals surface area contributed by atoms with Crippen LogP contribution >= 0.6 is 45.2 Å². The van der Waals surface area contributed by atoms with Gasteiger partial charge >= 0.3 is 0 Å². The topological polar surface area (TPSA) is 82.3 Å². The van der Waals surface area contributed by atoms with Crippen LogP contribution in [0.3, 0.4) is 0 Å². The smallest absolute Gasteiger partial charge is 0.263 e. The predicted molar refractivity (Wildman–Crippen MR) is 113 cm³/mol. The Kier molecular flexibility index (Phi) is 7.36. The Hall–Kier alpha value is -1.51. The Morgan fingerprint density at radius 2 is 1.78 bits per heavy atom. The van der Waals surface area contributed by atoms with Gasteiger partial charge in [-0.2, -0.15) is 0 Å². The summed E-state index contributed by atoms with van der Waals surface area (Å²) in [5, 5.41) is 2.96. The minimum atomic E-state index is -3.80. The zero-order valence-electron chi connectivity index (χ0n) is 14.2. The van der Waals surface area contributed by atoms with E-state index in [1.165, 1.54) is 23.5 Å². The van der Waals surface area contributed by atoms with Crippen molar-refractivity contribution in [1.29, 1.82) is 0 Å². The highest BCUT2D eigenvalue weighted by atomic mass is 35.7. The number of aromatic nitrogens is 1. The molecule has 2 N–H and O–H groups in total. The van der Waals surface area contributed by atoms with Gasteiger partial charge in [-0.05, 0) is 48.9 Å². The van der Waals surface area contributed by atoms with E-state index in [9.17, 15) is 8.42 Å². The largest absolute Gasteiger partial charge is 0.497 e. The van der Waals surface area contributed by atoms with Crippen molar-refractivity contribution in [2.24, 2.45) is 0 Å². The van der Waals surface area contributed by atoms with Gasteiger partial charge in [-0.25, -0.2) is 13.4 Å². The van der Waals surface area contributed by atoms with E-state index in [1.807, 2.05) is 29.6 Å². The number of anilines is 1. The number of benzene rings is 2. The molecule has 1 aromatic heterocycles. The van der Waals surface area contributed by atoms with Crippen molar-refractivity contribution in [3.05, 3.63) is 57.4 Å². The normalized spacial score (nSPS) is 10.9. The molecule has 2 aromatic carbocycles. The number of halogens is 3. The van der Waals surface area contributed by atoms with Crippen LogP contribution < -0.4 is 10.5 Å². The van der Waals surface area contributed by atoms with Gasteiger partial charge in [-0.15, -0.1) is 11.3 Å². The molecule has 0 spiro atoms. The van der Waals surface area contributed by atoms with E-state index in [1.54, 1.807) is 14.0 Å². The number of thiazole rings is 1. The van der Waals surface area contributed by atoms with E-state index < -0.39 is 9.05 Å². The molecule has 0 aliphatic rings. The quantitative estimate of drug-likeness (QED) is 0.507. The van der Waals surface area contributed by atoms with E-state index in [4.69, 9.17) is 44.4 Å². The van der Waals surface area contributed by atoms with Crippen molar-refractivity contribution in [2.75, 3.05) is 12.8 Å². The molecule has 27 heavy (non-hydrogen) atoms. The highest BCUT2D eigenvalue weighted by molar-refractivity contribution is 8.13. The monoisotopic (exact) mass is 464 g/mol. The van der Waals surface area contributed by atoms with Gasteiger partial charge in [0.2, 0.25) is 0 Å². The van der Waals surface area contributed by atoms with Crippen LogP contribution in [-0.2, 0) is 9.05 Å². The van der Waals surface area contributed by atoms with Crippen LogP contribution in [0.4, 0.5) is 5.13 Å². The van der Waals surface area contributed by atoms with Crippen molar-refractivity contribution >= 4 is 59.4 Å². The number of rotatable bonds is 3. The molecule has 0 unspecified atom stereocenters. The van der Waals surface area contributed by atoms with Crippen LogP contribution in [0.2, 0.25) is 10.0 Å². The summed E-state index contributed by atoms with van der Waals surface area (Å²) in [5.41, 5.74) is 7.96. The van der Waals surface area contributed by atoms with Crippen molar-refractivity contribution < 1.29 is 13.2 Å². The average Bonchev–Trinajstić information content (AvgIpc) is 3.00. The molecular formula is C17H15Cl3N2O3S2. The van der Waals surface area contributed by atoms with Gasteiger partial charge in [0.1, 0.15) is 10.6 Å². The first-order valence-electron chi connectivity index (χ1n) is 7.37. The van der Waals surface area contributed by atoms with E-state index in [-0.39, 0.29) is 9.92 Å². The number of nitrogen functional groups attached to an aromatic ring is 1. The number of ether oxygens (including phenoxy) is 1. The number of aryl methyl sites for hydroxylation is 1. The number of nitrogens with zero attached hydrogens (tertiary/aromatic N) is 1. The van der Waals surface area contributed by atoms with Crippen LogP contribution in [0.1, 0.15) is 5.56 Å². The molecule has 0 aliphatic carbocycles. The van der Waals surface area contributed by atoms with Gasteiger partial charge < -0.3 is 10.5 Å². The summed E-state index contributed by atoms with van der Waals surface area (Å²) in [4.78, 5) is 4.11. The summed E-state index contributed by atoms with van der Waals surface area (Å²) < 4.78 is 27.1. The van der Waals surface area contributed by atoms with Gasteiger partial charge in [-0.1, -0.05) is 23.2 Å². The third-order valence-corrected chi connectivity index (χ3v) is 6.14. The van der Waals surface area contributed by atoms with E-state index >= 15 is 0 Å². The minimum Gasteiger partial charge on any atom is -0.497 e. The fourth-order valence-electron chi connectivity index (χ4n) is 2.18. The van der Waals surface area contributed by atoms with Crippen molar-refractivity contribution in [2.45, 2.75) is 11.8 Å². The van der Waals surface area contributed by atoms with Crippen LogP contribution in [-0.4, -0.2) is 20.5 Å². The third-order valence-electron chi connectivity index (χ3n) is 3.35. The summed E-state index contributed by atoms with van der Waals surface area (Å²) in [6.45, 7) is 1.58. The molecule has 0 bridgehead atoms. The van der Waals surface area contributed by atoms with Gasteiger partial charge in [0.15, 0.2) is 5.13 Å². The van der Waals surface area contributed by atoms with Crippen LogP contribution in [0.15, 0.2) is 46.7 Å². The lowest BCUT2D eigenvalue weighted by molar-refractivity contribution is 0.415. The molecule has 0 radical (unpaired) electrons. The van der Waals surface area contributed by atoms with Gasteiger partial charge in [0.05, 0.1) is 17.8 Å². The van der Waals surface area contributed by atoms with E-state index in [0.717, 1.165) is 17.0 Å². The molecule has 0 amide bonds. The second-order valence-corrected chi connectivity index (χ2v) is 9.51. The fourth-order valence-corrected chi connectivity index (χ4v) is 5.12. The van der Waals surface area contributed by atoms with Gasteiger partial charge in [0.25, 0.3) is 9.05 Å². The Morgan fingerprint density at radius 3 is 2.22 bits per heavy atom. The second-order valence-electron chi connectivity index (χ2n) is 5.27. The highest BCUT2D eigenvalue weighted by Gasteiger charge is 2.18. The molecule has 3 rings (SSSR count). The lowest BCUT2D eigenvalue weighted by atomic mass is 10.2. The molecule has 1 heterocycles. The predicted octanol–water partition coefficient (Wildman–Crippen LogP) is 5.63. The Morgan fingerprint density at radius 1 is 1.15 bits per heavy atom. The maximum Gasteiger partial charge on any atom is 0.263 e. The minimum absolute atomic E-state index is 0.0417. The SMILES string of the molecule is COc1ccc(-c2csc(N)n2)cc1.Cc1cc(Cl)cc(Cl)c1S(=O)(=O)Cl. The Balaban J connectivity index is 0.000000194. The molecule has 0 fully saturated rings. The summed E-state index contributed by atoms with van der Waals surface area (Å²) in [6, 6.07) is 10.6. The summed E-state index contributed by atoms with van der Waals surface area (Å²) in [6.07, 6.45) is 0. The summed E-state index contributed by atoms with van der Waals surface area (Å²) >= 11 is 12.8. The molecule has 5 nitrogen and oxygen atoms in total. The lowest BCUT2D eigenvalue weighted by Gasteiger charge is -2.04. The number of methoxy groups -OCH3 is 1. The fraction of sp³-hybridized carbons (Fsp3) is 0.118. The summed E-state index contributed by atoms with van der Waals surface area (Å²) in [5.74, 6) is 0.844. The molecule has 144 valence electrons. The standard InChI is InChI=1S/C10H10N2OS.C7H5Cl3O2S/c1-13-8-4-2-7(3-5-8)9-6-14-10(11)12-9;1-4-2-5(8)3-6(9)7(4)13(10,11)12/h2-6H,1H3,(H2,11,12);2-3H,1H3. The molecule has 3 aromatic rings. The number of hydrogen-bond donors (Lipinski definition) is 1. The van der Waals surface area contributed by atoms with E-state index in [0.29, 0.717) is 15.7 Å². The Bertz CT molecular complexity index is 1010. The van der Waals surface area contributed by atoms with Gasteiger partial charge in [-0.3, -0.25) is 0 Å². The van der Waals surface area contributed by atoms with Crippen molar-refractivity contribution in [3.8, 4) is 17.0 Å². The molecular weight excluding hydrogens is 451 g/mol. The first-order chi connectivity index (χ1) is 12.6. The van der Waals surface area contributed by atoms with Crippen molar-refractivity contribution in [3.63, 3.8) is 0 Å². The lowest BCUT2D eigenvalue weighted by Crippen LogP contribution is -1.95. The second kappa shape index (κ2) is 9.12. The van der Waals surface area contributed by atoms with E-state index in [2.05, 4.69) is 4.98 Å². The molecule has 0 atom stereocenters. The Labute approximate surface area is 176 Å². The molecule has 0 saturated carbocycles. The summed E-state index contributed by atoms with van der Waals surface area (Å²) in [7, 11) is 3.02. The first-order valence-corrected chi connectivity index (χ1v) is 11.3. The molecule has 0 aliphatic heterocycles. The zero-order chi connectivity index (χ0) is 20.2. The molecule has 10 heteroatoms. The molecule has 0 saturated heterocycles. The van der Waals surface area contributed by atoms with Crippen molar-refractivity contribution in [1.82, 2.24) is 4.98 Å². The van der Waals surface area contributed by atoms with Crippen LogP contribution in [0, 0.1) is 6.92 Å². The third kappa shape index (κ3) is 5.99. The number of hydrogen-bond acceptors (Lipinski definition) is 6. The highest BCUT2D eigenvalue weighted by Crippen LogP contribution is 2.31. The number of nitrogens with two attached hydrogens (primary N) is 1. The van der Waals surface area contributed by atoms with Crippen LogP contribution in [0.5, 0.6) is 5.75 Å². The van der Waals surface area contributed by atoms with Crippen LogP contribution in [0.25, 0.3) is 11.3 Å².